The molecule has 78 valence electrons. The van der Waals surface area contributed by atoms with Gasteiger partial charge in [0.05, 0.1) is 11.9 Å². The zero-order chi connectivity index (χ0) is 11.3. The second-order valence-corrected chi connectivity index (χ2v) is 4.03. The van der Waals surface area contributed by atoms with Gasteiger partial charge in [0.15, 0.2) is 16.0 Å². The molecule has 1 heterocycles. The third kappa shape index (κ3) is 4.19. The third-order valence-electron chi connectivity index (χ3n) is 1.30. The Hall–Kier alpha value is -1.25. The Labute approximate surface area is 96.6 Å². The lowest BCUT2D eigenvalue weighted by Gasteiger charge is -1.94. The molecule has 1 rings (SSSR count). The lowest BCUT2D eigenvalue weighted by Crippen LogP contribution is -1.95. The zero-order valence-electron chi connectivity index (χ0n) is 7.95. The summed E-state index contributed by atoms with van der Waals surface area (Å²) in [6.07, 6.45) is 1.38. The van der Waals surface area contributed by atoms with E-state index in [1.54, 1.807) is 0 Å². The van der Waals surface area contributed by atoms with Crippen LogP contribution >= 0.6 is 23.4 Å². The Morgan fingerprint density at radius 2 is 2.47 bits per heavy atom. The maximum atomic E-state index is 10.6. The van der Waals surface area contributed by atoms with E-state index in [-0.39, 0.29) is 16.1 Å². The van der Waals surface area contributed by atoms with Crippen LogP contribution in [0.25, 0.3) is 0 Å². The van der Waals surface area contributed by atoms with Crippen molar-refractivity contribution in [2.45, 2.75) is 6.92 Å². The van der Waals surface area contributed by atoms with E-state index >= 15 is 0 Å². The number of carbonyl (C=O) groups is 1. The molecule has 6 heteroatoms. The minimum absolute atomic E-state index is 0.0267. The van der Waals surface area contributed by atoms with Crippen LogP contribution < -0.4 is 5.73 Å². The van der Waals surface area contributed by atoms with Gasteiger partial charge in [0.2, 0.25) is 0 Å². The summed E-state index contributed by atoms with van der Waals surface area (Å²) in [6, 6.07) is 0. The van der Waals surface area contributed by atoms with Gasteiger partial charge in [0.1, 0.15) is 5.82 Å². The summed E-state index contributed by atoms with van der Waals surface area (Å²) in [7, 11) is 0. The molecule has 15 heavy (non-hydrogen) atoms. The molecule has 0 aliphatic carbocycles. The number of nitrogens with zero attached hydrogens (tertiary/aromatic N) is 2. The van der Waals surface area contributed by atoms with Gasteiger partial charge >= 0.3 is 0 Å². The average Bonchev–Trinajstić information content (AvgIpc) is 2.14. The molecule has 1 aromatic heterocycles. The van der Waals surface area contributed by atoms with Crippen molar-refractivity contribution >= 4 is 34.3 Å². The van der Waals surface area contributed by atoms with E-state index in [2.05, 4.69) is 21.8 Å². The minimum atomic E-state index is 0.0267. The topological polar surface area (TPSA) is 68.9 Å². The molecule has 1 aromatic rings. The zero-order valence-corrected chi connectivity index (χ0v) is 9.52. The first-order chi connectivity index (χ1) is 7.09. The molecule has 0 fully saturated rings. The quantitative estimate of drug-likeness (QED) is 0.752. The van der Waals surface area contributed by atoms with Gasteiger partial charge in [-0.3, -0.25) is 4.79 Å². The maximum absolute atomic E-state index is 10.6. The predicted octanol–water partition coefficient (Wildman–Crippen LogP) is 1.34. The van der Waals surface area contributed by atoms with Crippen LogP contribution in [0, 0.1) is 11.8 Å². The Kier molecular flexibility index (Phi) is 4.40. The first-order valence-corrected chi connectivity index (χ1v) is 5.36. The van der Waals surface area contributed by atoms with Crippen molar-refractivity contribution in [2.75, 3.05) is 11.5 Å². The number of halogens is 1. The van der Waals surface area contributed by atoms with Gasteiger partial charge in [-0.05, 0) is 5.92 Å². The molecule has 0 amide bonds. The monoisotopic (exact) mass is 241 g/mol. The predicted molar refractivity (Wildman–Crippen MR) is 61.5 cm³/mol. The molecule has 0 aliphatic heterocycles. The van der Waals surface area contributed by atoms with Crippen molar-refractivity contribution in [3.05, 3.63) is 17.0 Å². The molecule has 0 unspecified atom stereocenters. The highest BCUT2D eigenvalue weighted by atomic mass is 35.5. The summed E-state index contributed by atoms with van der Waals surface area (Å²) in [6.45, 7) is 1.49. The number of hydrogen-bond donors (Lipinski definition) is 1. The molecule has 0 atom stereocenters. The fraction of sp³-hybridized carbons (Fsp3) is 0.222. The van der Waals surface area contributed by atoms with Crippen LogP contribution in [0.2, 0.25) is 5.15 Å². The first kappa shape index (κ1) is 11.8. The summed E-state index contributed by atoms with van der Waals surface area (Å²) in [5.41, 5.74) is 5.74. The molecule has 2 N–H and O–H groups in total. The van der Waals surface area contributed by atoms with Gasteiger partial charge in [-0.25, -0.2) is 9.97 Å². The third-order valence-corrected chi connectivity index (χ3v) is 2.26. The minimum Gasteiger partial charge on any atom is -0.382 e. The second kappa shape index (κ2) is 5.59. The maximum Gasteiger partial charge on any atom is 0.186 e. The smallest absolute Gasteiger partial charge is 0.186 e. The van der Waals surface area contributed by atoms with E-state index in [0.717, 1.165) is 11.8 Å². The number of hydrogen-bond acceptors (Lipinski definition) is 5. The number of carbonyl (C=O) groups excluding carboxylic acids is 1. The van der Waals surface area contributed by atoms with Crippen LogP contribution in [0.15, 0.2) is 6.20 Å². The number of aromatic nitrogens is 2. The van der Waals surface area contributed by atoms with Crippen molar-refractivity contribution < 1.29 is 4.79 Å². The van der Waals surface area contributed by atoms with Crippen LogP contribution in [0.5, 0.6) is 0 Å². The van der Waals surface area contributed by atoms with Crippen LogP contribution in [0.1, 0.15) is 12.6 Å². The standard InChI is InChI=1S/C9H8ClN3OS/c1-6(14)15-4-2-3-7-9(10)13-8(11)5-12-7/h5H,4H2,1H3,(H2,11,13). The van der Waals surface area contributed by atoms with Gasteiger partial charge in [-0.1, -0.05) is 29.3 Å². The fourth-order valence-corrected chi connectivity index (χ4v) is 1.26. The molecule has 0 saturated heterocycles. The largest absolute Gasteiger partial charge is 0.382 e. The lowest BCUT2D eigenvalue weighted by atomic mass is 10.4. The normalized spacial score (nSPS) is 9.20. The first-order valence-electron chi connectivity index (χ1n) is 4.00. The van der Waals surface area contributed by atoms with Gasteiger partial charge in [0, 0.05) is 6.92 Å². The summed E-state index contributed by atoms with van der Waals surface area (Å²) in [5.74, 6) is 6.14. The molecular formula is C9H8ClN3OS. The van der Waals surface area contributed by atoms with Crippen molar-refractivity contribution in [1.29, 1.82) is 0 Å². The highest BCUT2D eigenvalue weighted by Gasteiger charge is 1.99. The molecule has 0 saturated carbocycles. The number of rotatable bonds is 1. The Balaban J connectivity index is 2.67. The molecule has 0 aromatic carbocycles. The van der Waals surface area contributed by atoms with Gasteiger partial charge < -0.3 is 5.73 Å². The SMILES string of the molecule is CC(=O)SCC#Cc1ncc(N)nc1Cl. The van der Waals surface area contributed by atoms with Crippen LogP contribution in [0.4, 0.5) is 5.82 Å². The van der Waals surface area contributed by atoms with Crippen LogP contribution in [-0.2, 0) is 4.79 Å². The number of thioether (sulfide) groups is 1. The number of anilines is 1. The summed E-state index contributed by atoms with van der Waals surface area (Å²) in [4.78, 5) is 18.3. The molecule has 0 radical (unpaired) electrons. The summed E-state index contributed by atoms with van der Waals surface area (Å²) < 4.78 is 0. The van der Waals surface area contributed by atoms with Crippen molar-refractivity contribution in [3.63, 3.8) is 0 Å². The number of nitrogen functional groups attached to an aromatic ring is 1. The Morgan fingerprint density at radius 1 is 1.73 bits per heavy atom. The van der Waals surface area contributed by atoms with Gasteiger partial charge in [0.25, 0.3) is 0 Å². The molecule has 0 spiro atoms. The highest BCUT2D eigenvalue weighted by molar-refractivity contribution is 8.13. The van der Waals surface area contributed by atoms with E-state index in [1.165, 1.54) is 13.1 Å². The van der Waals surface area contributed by atoms with Gasteiger partial charge in [-0.2, -0.15) is 0 Å². The van der Waals surface area contributed by atoms with Crippen LogP contribution in [-0.4, -0.2) is 20.8 Å². The van der Waals surface area contributed by atoms with Crippen molar-refractivity contribution in [2.24, 2.45) is 0 Å². The molecular weight excluding hydrogens is 234 g/mol. The lowest BCUT2D eigenvalue weighted by molar-refractivity contribution is -0.109. The van der Waals surface area contributed by atoms with E-state index in [0.29, 0.717) is 11.4 Å². The van der Waals surface area contributed by atoms with E-state index in [1.807, 2.05) is 0 Å². The molecule has 0 bridgehead atoms. The summed E-state index contributed by atoms with van der Waals surface area (Å²) >= 11 is 6.87. The average molecular weight is 242 g/mol. The Morgan fingerprint density at radius 3 is 3.07 bits per heavy atom. The highest BCUT2D eigenvalue weighted by Crippen LogP contribution is 2.10. The van der Waals surface area contributed by atoms with E-state index in [4.69, 9.17) is 17.3 Å². The Bertz CT molecular complexity index is 439. The van der Waals surface area contributed by atoms with Crippen molar-refractivity contribution in [1.82, 2.24) is 9.97 Å². The van der Waals surface area contributed by atoms with Crippen molar-refractivity contribution in [3.8, 4) is 11.8 Å². The van der Waals surface area contributed by atoms with Crippen LogP contribution in [0.3, 0.4) is 0 Å². The molecule has 4 nitrogen and oxygen atoms in total. The van der Waals surface area contributed by atoms with E-state index in [9.17, 15) is 4.79 Å². The summed E-state index contributed by atoms with van der Waals surface area (Å²) in [5, 5.41) is 0.203. The van der Waals surface area contributed by atoms with E-state index < -0.39 is 0 Å². The van der Waals surface area contributed by atoms with Gasteiger partial charge in [-0.15, -0.1) is 0 Å². The number of nitrogens with two attached hydrogens (primary N) is 1. The molecule has 0 aliphatic rings. The fourth-order valence-electron chi connectivity index (χ4n) is 0.720. The second-order valence-electron chi connectivity index (χ2n) is 2.52.